The summed E-state index contributed by atoms with van der Waals surface area (Å²) in [5.74, 6) is 0.123. The van der Waals surface area contributed by atoms with Crippen LogP contribution in [0.15, 0.2) is 11.6 Å². The van der Waals surface area contributed by atoms with Gasteiger partial charge in [-0.3, -0.25) is 14.4 Å². The summed E-state index contributed by atoms with van der Waals surface area (Å²) in [6.07, 6.45) is 3.25. The van der Waals surface area contributed by atoms with Crippen LogP contribution in [0.2, 0.25) is 0 Å². The van der Waals surface area contributed by atoms with E-state index in [1.807, 2.05) is 20.8 Å². The number of hydrogen-bond acceptors (Lipinski definition) is 5. The number of nitrogens with one attached hydrogen (secondary N) is 2. The fourth-order valence-electron chi connectivity index (χ4n) is 3.58. The average Bonchev–Trinajstić information content (AvgIpc) is 3.30. The molecule has 2 heterocycles. The normalized spacial score (nSPS) is 20.1. The summed E-state index contributed by atoms with van der Waals surface area (Å²) in [5.41, 5.74) is 0. The van der Waals surface area contributed by atoms with Crippen molar-refractivity contribution < 1.29 is 14.4 Å². The zero-order valence-corrected chi connectivity index (χ0v) is 18.3. The van der Waals surface area contributed by atoms with Gasteiger partial charge < -0.3 is 10.6 Å². The van der Waals surface area contributed by atoms with Crippen molar-refractivity contribution in [3.63, 3.8) is 0 Å². The molecule has 2 amide bonds. The number of Topliss-reactive ketones (excluding diaryl/α,β-unsaturated/α-hetero) is 1. The average molecular weight is 408 g/mol. The Kier molecular flexibility index (Phi) is 8.16. The van der Waals surface area contributed by atoms with Crippen LogP contribution in [-0.2, 0) is 9.59 Å². The van der Waals surface area contributed by atoms with Gasteiger partial charge in [0.15, 0.2) is 10.8 Å². The van der Waals surface area contributed by atoms with Crippen molar-refractivity contribution >= 4 is 28.9 Å². The van der Waals surface area contributed by atoms with Gasteiger partial charge in [0.2, 0.25) is 11.8 Å². The van der Waals surface area contributed by atoms with Gasteiger partial charge in [-0.25, -0.2) is 4.98 Å². The van der Waals surface area contributed by atoms with E-state index in [-0.39, 0.29) is 59.6 Å². The molecule has 1 aliphatic heterocycles. The van der Waals surface area contributed by atoms with Gasteiger partial charge in [-0.2, -0.15) is 0 Å². The summed E-state index contributed by atoms with van der Waals surface area (Å²) < 4.78 is 0. The standard InChI is InChI=1S/C21H33N3O3S/c1-12(2)14(5)19(26)24-17(13(3)4)10-15(16-6-7-22-20(16)27)11-18(25)21-23-8-9-28-21/h8-9,12-17H,6-7,10-11H2,1-5H3,(H,22,27)(H,24,26)/t14-,15?,16-,17+/m0/s1. The first-order chi connectivity index (χ1) is 13.2. The van der Waals surface area contributed by atoms with Crippen LogP contribution in [0.3, 0.4) is 0 Å². The van der Waals surface area contributed by atoms with E-state index in [2.05, 4.69) is 29.5 Å². The van der Waals surface area contributed by atoms with Crippen LogP contribution in [0.4, 0.5) is 0 Å². The molecule has 4 atom stereocenters. The number of carbonyl (C=O) groups excluding carboxylic acids is 3. The van der Waals surface area contributed by atoms with Crippen molar-refractivity contribution in [1.82, 2.24) is 15.6 Å². The summed E-state index contributed by atoms with van der Waals surface area (Å²) in [4.78, 5) is 41.7. The fourth-order valence-corrected chi connectivity index (χ4v) is 4.17. The molecule has 0 bridgehead atoms. The molecule has 1 aromatic heterocycles. The first-order valence-corrected chi connectivity index (χ1v) is 11.1. The lowest BCUT2D eigenvalue weighted by Gasteiger charge is -2.30. The zero-order chi connectivity index (χ0) is 20.8. The van der Waals surface area contributed by atoms with Gasteiger partial charge in [0.1, 0.15) is 0 Å². The van der Waals surface area contributed by atoms with Crippen LogP contribution < -0.4 is 10.6 Å². The second-order valence-corrected chi connectivity index (χ2v) is 9.43. The number of aromatic nitrogens is 1. The molecule has 7 heteroatoms. The third-order valence-electron chi connectivity index (χ3n) is 5.88. The molecule has 0 radical (unpaired) electrons. The van der Waals surface area contributed by atoms with Gasteiger partial charge in [-0.05, 0) is 30.6 Å². The maximum absolute atomic E-state index is 12.7. The molecule has 0 aliphatic carbocycles. The van der Waals surface area contributed by atoms with E-state index in [0.717, 1.165) is 6.42 Å². The Morgan fingerprint density at radius 1 is 1.25 bits per heavy atom. The second kappa shape index (κ2) is 10.1. The molecule has 0 spiro atoms. The van der Waals surface area contributed by atoms with Crippen LogP contribution >= 0.6 is 11.3 Å². The zero-order valence-electron chi connectivity index (χ0n) is 17.5. The summed E-state index contributed by atoms with van der Waals surface area (Å²) >= 11 is 1.33. The second-order valence-electron chi connectivity index (χ2n) is 8.54. The number of ketones is 1. The number of rotatable bonds is 10. The molecule has 2 N–H and O–H groups in total. The van der Waals surface area contributed by atoms with Crippen LogP contribution in [-0.4, -0.2) is 35.2 Å². The number of hydrogen-bond donors (Lipinski definition) is 2. The smallest absolute Gasteiger partial charge is 0.223 e. The Labute approximate surface area is 171 Å². The van der Waals surface area contributed by atoms with Crippen LogP contribution in [0.25, 0.3) is 0 Å². The first kappa shape index (κ1) is 22.5. The van der Waals surface area contributed by atoms with E-state index < -0.39 is 0 Å². The lowest BCUT2D eigenvalue weighted by atomic mass is 9.80. The van der Waals surface area contributed by atoms with Gasteiger partial charge in [-0.15, -0.1) is 11.3 Å². The summed E-state index contributed by atoms with van der Waals surface area (Å²) in [6, 6.07) is -0.0730. The van der Waals surface area contributed by atoms with Crippen LogP contribution in [0.5, 0.6) is 0 Å². The lowest BCUT2D eigenvalue weighted by Crippen LogP contribution is -2.44. The van der Waals surface area contributed by atoms with Crippen LogP contribution in [0.1, 0.15) is 63.7 Å². The predicted molar refractivity (Wildman–Crippen MR) is 111 cm³/mol. The molecule has 1 fully saturated rings. The highest BCUT2D eigenvalue weighted by Gasteiger charge is 2.36. The molecule has 0 saturated carbocycles. The largest absolute Gasteiger partial charge is 0.356 e. The Bertz CT molecular complexity index is 672. The lowest BCUT2D eigenvalue weighted by molar-refractivity contribution is -0.126. The van der Waals surface area contributed by atoms with E-state index >= 15 is 0 Å². The molecule has 156 valence electrons. The van der Waals surface area contributed by atoms with E-state index in [4.69, 9.17) is 0 Å². The van der Waals surface area contributed by atoms with E-state index in [1.165, 1.54) is 11.3 Å². The minimum absolute atomic E-state index is 0.0151. The first-order valence-electron chi connectivity index (χ1n) is 10.2. The maximum atomic E-state index is 12.7. The maximum Gasteiger partial charge on any atom is 0.223 e. The molecular weight excluding hydrogens is 374 g/mol. The molecule has 1 aliphatic rings. The topological polar surface area (TPSA) is 88.2 Å². The van der Waals surface area contributed by atoms with Gasteiger partial charge in [0, 0.05) is 42.4 Å². The number of amides is 2. The SMILES string of the molecule is CC(C)[C@H](C)C(=O)N[C@H](CC(CC(=O)c1nccs1)[C@@H]1CCNC1=O)C(C)C. The van der Waals surface area contributed by atoms with Gasteiger partial charge in [0.05, 0.1) is 0 Å². The van der Waals surface area contributed by atoms with Gasteiger partial charge in [0.25, 0.3) is 0 Å². The molecular formula is C21H33N3O3S. The van der Waals surface area contributed by atoms with Gasteiger partial charge in [-0.1, -0.05) is 34.6 Å². The predicted octanol–water partition coefficient (Wildman–Crippen LogP) is 3.29. The van der Waals surface area contributed by atoms with Crippen molar-refractivity contribution in [1.29, 1.82) is 0 Å². The van der Waals surface area contributed by atoms with E-state index in [9.17, 15) is 14.4 Å². The Hall–Kier alpha value is -1.76. The number of carbonyl (C=O) groups is 3. The Morgan fingerprint density at radius 2 is 1.96 bits per heavy atom. The summed E-state index contributed by atoms with van der Waals surface area (Å²) in [5, 5.41) is 8.34. The number of thiazole rings is 1. The van der Waals surface area contributed by atoms with Crippen molar-refractivity contribution in [3.8, 4) is 0 Å². The summed E-state index contributed by atoms with van der Waals surface area (Å²) in [7, 11) is 0. The quantitative estimate of drug-likeness (QED) is 0.583. The molecule has 1 saturated heterocycles. The molecule has 1 unspecified atom stereocenters. The van der Waals surface area contributed by atoms with Gasteiger partial charge >= 0.3 is 0 Å². The fraction of sp³-hybridized carbons (Fsp3) is 0.714. The van der Waals surface area contributed by atoms with Crippen molar-refractivity contribution in [2.75, 3.05) is 6.54 Å². The minimum Gasteiger partial charge on any atom is -0.356 e. The summed E-state index contributed by atoms with van der Waals surface area (Å²) in [6.45, 7) is 10.8. The van der Waals surface area contributed by atoms with Crippen molar-refractivity contribution in [2.45, 2.75) is 59.9 Å². The van der Waals surface area contributed by atoms with Crippen molar-refractivity contribution in [3.05, 3.63) is 16.6 Å². The third kappa shape index (κ3) is 5.87. The third-order valence-corrected chi connectivity index (χ3v) is 6.70. The van der Waals surface area contributed by atoms with Crippen molar-refractivity contribution in [2.24, 2.45) is 29.6 Å². The Morgan fingerprint density at radius 3 is 2.46 bits per heavy atom. The minimum atomic E-state index is -0.190. The Balaban J connectivity index is 2.14. The molecule has 1 aromatic rings. The molecule has 0 aromatic carbocycles. The monoisotopic (exact) mass is 407 g/mol. The van der Waals surface area contributed by atoms with E-state index in [1.54, 1.807) is 11.6 Å². The molecule has 2 rings (SSSR count). The number of nitrogens with zero attached hydrogens (tertiary/aromatic N) is 1. The highest BCUT2D eigenvalue weighted by atomic mass is 32.1. The van der Waals surface area contributed by atoms with E-state index in [0.29, 0.717) is 18.0 Å². The molecule has 6 nitrogen and oxygen atoms in total. The van der Waals surface area contributed by atoms with Crippen LogP contribution in [0, 0.1) is 29.6 Å². The molecule has 28 heavy (non-hydrogen) atoms. The highest BCUT2D eigenvalue weighted by Crippen LogP contribution is 2.31. The highest BCUT2D eigenvalue weighted by molar-refractivity contribution is 7.11.